The Labute approximate surface area is 169 Å². The first-order valence-electron chi connectivity index (χ1n) is 8.27. The summed E-state index contributed by atoms with van der Waals surface area (Å²) in [4.78, 5) is 1.94. The number of hydrogen-bond donors (Lipinski definition) is 2. The maximum Gasteiger partial charge on any atom is 0.229 e. The fraction of sp³-hybridized carbons (Fsp3) is 0.333. The second-order valence-electron chi connectivity index (χ2n) is 5.97. The van der Waals surface area contributed by atoms with Crippen molar-refractivity contribution in [1.29, 1.82) is 0 Å². The number of benzene rings is 2. The zero-order valence-corrected chi connectivity index (χ0v) is 17.4. The van der Waals surface area contributed by atoms with E-state index in [0.717, 1.165) is 11.9 Å². The average Bonchev–Trinajstić information content (AvgIpc) is 2.60. The molecule has 27 heavy (non-hydrogen) atoms. The lowest BCUT2D eigenvalue weighted by Gasteiger charge is -2.26. The summed E-state index contributed by atoms with van der Waals surface area (Å²) in [7, 11) is -3.43. The minimum absolute atomic E-state index is 0.000275. The molecule has 0 fully saturated rings. The van der Waals surface area contributed by atoms with Gasteiger partial charge in [0.1, 0.15) is 18.5 Å². The predicted octanol–water partition coefficient (Wildman–Crippen LogP) is 3.63. The van der Waals surface area contributed by atoms with Gasteiger partial charge >= 0.3 is 0 Å². The van der Waals surface area contributed by atoms with Crippen LogP contribution in [-0.2, 0) is 10.0 Å². The number of nitrogens with one attached hydrogen (secondary N) is 1. The molecule has 6 nitrogen and oxygen atoms in total. The number of hydrogen-bond acceptors (Lipinski definition) is 5. The molecule has 2 aromatic rings. The van der Waals surface area contributed by atoms with E-state index in [-0.39, 0.29) is 6.61 Å². The third-order valence-corrected chi connectivity index (χ3v) is 5.02. The van der Waals surface area contributed by atoms with E-state index in [0.29, 0.717) is 34.6 Å². The Hall–Kier alpha value is -1.67. The lowest BCUT2D eigenvalue weighted by molar-refractivity contribution is 0.113. The zero-order chi connectivity index (χ0) is 20.0. The SMILES string of the molecule is CCN(CC(O)COc1ccccc1NS(C)(=O)=O)c1ccc(Cl)c(Cl)c1. The summed E-state index contributed by atoms with van der Waals surface area (Å²) in [6.07, 6.45) is 0.264. The van der Waals surface area contributed by atoms with Gasteiger partial charge in [-0.3, -0.25) is 4.72 Å². The van der Waals surface area contributed by atoms with Crippen molar-refractivity contribution in [3.8, 4) is 5.75 Å². The van der Waals surface area contributed by atoms with Crippen LogP contribution >= 0.6 is 23.2 Å². The zero-order valence-electron chi connectivity index (χ0n) is 15.0. The molecule has 0 saturated carbocycles. The maximum atomic E-state index is 11.4. The van der Waals surface area contributed by atoms with Gasteiger partial charge in [-0.15, -0.1) is 0 Å². The van der Waals surface area contributed by atoms with Gasteiger partial charge in [-0.2, -0.15) is 0 Å². The number of para-hydroxylation sites is 2. The highest BCUT2D eigenvalue weighted by molar-refractivity contribution is 7.92. The summed E-state index contributed by atoms with van der Waals surface area (Å²) < 4.78 is 30.9. The summed E-state index contributed by atoms with van der Waals surface area (Å²) >= 11 is 12.0. The molecule has 0 saturated heterocycles. The van der Waals surface area contributed by atoms with E-state index in [2.05, 4.69) is 4.72 Å². The number of likely N-dealkylation sites (N-methyl/N-ethyl adjacent to an activating group) is 1. The van der Waals surface area contributed by atoms with Crippen molar-refractivity contribution in [3.63, 3.8) is 0 Å². The van der Waals surface area contributed by atoms with Crippen LogP contribution in [0.3, 0.4) is 0 Å². The number of rotatable bonds is 9. The third kappa shape index (κ3) is 6.77. The number of aliphatic hydroxyl groups excluding tert-OH is 1. The van der Waals surface area contributed by atoms with Crippen LogP contribution in [-0.4, -0.2) is 45.6 Å². The molecule has 0 aliphatic rings. The molecule has 2 aromatic carbocycles. The minimum Gasteiger partial charge on any atom is -0.489 e. The molecule has 0 bridgehead atoms. The largest absolute Gasteiger partial charge is 0.489 e. The van der Waals surface area contributed by atoms with Crippen molar-refractivity contribution in [3.05, 3.63) is 52.5 Å². The number of halogens is 2. The van der Waals surface area contributed by atoms with Crippen LogP contribution in [0.5, 0.6) is 5.75 Å². The monoisotopic (exact) mass is 432 g/mol. The third-order valence-electron chi connectivity index (χ3n) is 3.69. The second kappa shape index (κ2) is 9.50. The average molecular weight is 433 g/mol. The van der Waals surface area contributed by atoms with E-state index in [1.165, 1.54) is 0 Å². The number of sulfonamides is 1. The normalized spacial score (nSPS) is 12.5. The van der Waals surface area contributed by atoms with E-state index >= 15 is 0 Å². The van der Waals surface area contributed by atoms with Crippen molar-refractivity contribution < 1.29 is 18.3 Å². The number of nitrogens with zero attached hydrogens (tertiary/aromatic N) is 1. The molecular weight excluding hydrogens is 411 g/mol. The molecule has 0 aliphatic heterocycles. The fourth-order valence-corrected chi connectivity index (χ4v) is 3.33. The van der Waals surface area contributed by atoms with Gasteiger partial charge in [-0.05, 0) is 37.3 Å². The van der Waals surface area contributed by atoms with Crippen LogP contribution in [0.1, 0.15) is 6.92 Å². The molecule has 0 amide bonds. The lowest BCUT2D eigenvalue weighted by Crippen LogP contribution is -2.35. The highest BCUT2D eigenvalue weighted by atomic mass is 35.5. The number of ether oxygens (including phenoxy) is 1. The minimum atomic E-state index is -3.43. The topological polar surface area (TPSA) is 78.9 Å². The van der Waals surface area contributed by atoms with E-state index in [1.54, 1.807) is 36.4 Å². The van der Waals surface area contributed by atoms with Crippen molar-refractivity contribution in [2.75, 3.05) is 35.6 Å². The van der Waals surface area contributed by atoms with E-state index < -0.39 is 16.1 Å². The molecule has 1 atom stereocenters. The Morgan fingerprint density at radius 2 is 1.89 bits per heavy atom. The van der Waals surface area contributed by atoms with Crippen molar-refractivity contribution in [2.24, 2.45) is 0 Å². The predicted molar refractivity (Wildman–Crippen MR) is 111 cm³/mol. The van der Waals surface area contributed by atoms with Crippen LogP contribution in [0.2, 0.25) is 10.0 Å². The van der Waals surface area contributed by atoms with Gasteiger partial charge in [-0.1, -0.05) is 35.3 Å². The van der Waals surface area contributed by atoms with Gasteiger partial charge in [-0.25, -0.2) is 8.42 Å². The Balaban J connectivity index is 2.01. The van der Waals surface area contributed by atoms with Crippen LogP contribution in [0.4, 0.5) is 11.4 Å². The summed E-state index contributed by atoms with van der Waals surface area (Å²) in [5, 5.41) is 11.3. The summed E-state index contributed by atoms with van der Waals surface area (Å²) in [6.45, 7) is 2.93. The Morgan fingerprint density at radius 1 is 1.19 bits per heavy atom. The van der Waals surface area contributed by atoms with Crippen LogP contribution in [0, 0.1) is 0 Å². The first kappa shape index (κ1) is 21.6. The second-order valence-corrected chi connectivity index (χ2v) is 8.54. The molecule has 9 heteroatoms. The highest BCUT2D eigenvalue weighted by Crippen LogP contribution is 2.28. The van der Waals surface area contributed by atoms with Crippen molar-refractivity contribution in [1.82, 2.24) is 0 Å². The molecule has 0 aromatic heterocycles. The molecule has 148 valence electrons. The van der Waals surface area contributed by atoms with Gasteiger partial charge in [0.25, 0.3) is 0 Å². The fourth-order valence-electron chi connectivity index (χ4n) is 2.47. The summed E-state index contributed by atoms with van der Waals surface area (Å²) in [5.41, 5.74) is 1.16. The summed E-state index contributed by atoms with van der Waals surface area (Å²) in [6, 6.07) is 11.9. The van der Waals surface area contributed by atoms with Gasteiger partial charge in [0.15, 0.2) is 0 Å². The highest BCUT2D eigenvalue weighted by Gasteiger charge is 2.15. The first-order valence-corrected chi connectivity index (χ1v) is 10.9. The Bertz CT molecular complexity index is 877. The van der Waals surface area contributed by atoms with E-state index in [4.69, 9.17) is 27.9 Å². The van der Waals surface area contributed by atoms with Gasteiger partial charge < -0.3 is 14.7 Å². The smallest absolute Gasteiger partial charge is 0.229 e. The molecule has 1 unspecified atom stereocenters. The van der Waals surface area contributed by atoms with Crippen LogP contribution < -0.4 is 14.4 Å². The van der Waals surface area contributed by atoms with E-state index in [1.807, 2.05) is 17.9 Å². The molecule has 2 rings (SSSR count). The maximum absolute atomic E-state index is 11.4. The quantitative estimate of drug-likeness (QED) is 0.632. The molecule has 0 aliphatic carbocycles. The molecular formula is C18H22Cl2N2O4S. The number of anilines is 2. The Morgan fingerprint density at radius 3 is 2.52 bits per heavy atom. The first-order chi connectivity index (χ1) is 12.7. The summed E-state index contributed by atoms with van der Waals surface area (Å²) in [5.74, 6) is 0.347. The molecule has 0 spiro atoms. The molecule has 0 radical (unpaired) electrons. The van der Waals surface area contributed by atoms with Crippen LogP contribution in [0.25, 0.3) is 0 Å². The number of aliphatic hydroxyl groups is 1. The lowest BCUT2D eigenvalue weighted by atomic mass is 10.2. The van der Waals surface area contributed by atoms with Crippen LogP contribution in [0.15, 0.2) is 42.5 Å². The van der Waals surface area contributed by atoms with Gasteiger partial charge in [0.05, 0.1) is 22.0 Å². The van der Waals surface area contributed by atoms with E-state index in [9.17, 15) is 13.5 Å². The van der Waals surface area contributed by atoms with Gasteiger partial charge in [0.2, 0.25) is 10.0 Å². The van der Waals surface area contributed by atoms with Crippen molar-refractivity contribution >= 4 is 44.6 Å². The Kier molecular flexibility index (Phi) is 7.61. The molecule has 2 N–H and O–H groups in total. The standard InChI is InChI=1S/C18H22Cl2N2O4S/c1-3-22(13-8-9-15(19)16(20)10-13)11-14(23)12-26-18-7-5-4-6-17(18)21-27(2,24)25/h4-10,14,21,23H,3,11-12H2,1-2H3. The van der Waals surface area contributed by atoms with Crippen molar-refractivity contribution in [2.45, 2.75) is 13.0 Å². The molecule has 0 heterocycles. The van der Waals surface area contributed by atoms with Gasteiger partial charge in [0, 0.05) is 18.8 Å².